The molecule has 4 aliphatic carbocycles. The van der Waals surface area contributed by atoms with Gasteiger partial charge in [0.2, 0.25) is 0 Å². The van der Waals surface area contributed by atoms with Crippen LogP contribution in [0.25, 0.3) is 0 Å². The highest BCUT2D eigenvalue weighted by molar-refractivity contribution is 5.85. The Labute approximate surface area is 216 Å². The van der Waals surface area contributed by atoms with E-state index in [0.717, 1.165) is 5.57 Å². The summed E-state index contributed by atoms with van der Waals surface area (Å²) in [5, 5.41) is 46.9. The molecule has 4 fully saturated rings. The monoisotopic (exact) mass is 522 g/mol. The molecule has 5 rings (SSSR count). The Hall–Kier alpha value is -2.01. The van der Waals surface area contributed by atoms with E-state index in [1.165, 1.54) is 19.9 Å². The number of esters is 3. The van der Waals surface area contributed by atoms with Gasteiger partial charge in [-0.15, -0.1) is 0 Å². The summed E-state index contributed by atoms with van der Waals surface area (Å²) in [6.45, 7) is 4.11. The molecular formula is C27H38O10. The van der Waals surface area contributed by atoms with Crippen molar-refractivity contribution in [2.75, 3.05) is 13.2 Å². The number of fused-ring (bicyclic) bond motifs is 5. The van der Waals surface area contributed by atoms with Gasteiger partial charge in [0.1, 0.15) is 18.8 Å². The Balaban J connectivity index is 1.59. The van der Waals surface area contributed by atoms with Crippen molar-refractivity contribution < 1.29 is 49.0 Å². The molecule has 0 spiro atoms. The van der Waals surface area contributed by atoms with Crippen LogP contribution in [0.5, 0.6) is 0 Å². The summed E-state index contributed by atoms with van der Waals surface area (Å²) in [6, 6.07) is 0. The second kappa shape index (κ2) is 8.76. The zero-order chi connectivity index (χ0) is 27.0. The number of aliphatic hydroxyl groups is 4. The van der Waals surface area contributed by atoms with Crippen molar-refractivity contribution in [2.45, 2.75) is 95.2 Å². The molecule has 4 saturated carbocycles. The molecule has 10 heteroatoms. The number of hydrogen-bond donors (Lipinski definition) is 4. The summed E-state index contributed by atoms with van der Waals surface area (Å²) in [7, 11) is 0. The molecule has 0 aromatic carbocycles. The summed E-state index contributed by atoms with van der Waals surface area (Å²) >= 11 is 0. The van der Waals surface area contributed by atoms with Gasteiger partial charge in [-0.3, -0.25) is 9.59 Å². The Morgan fingerprint density at radius 3 is 2.41 bits per heavy atom. The summed E-state index contributed by atoms with van der Waals surface area (Å²) in [6.07, 6.45) is 0.567. The smallest absolute Gasteiger partial charge is 0.331 e. The highest BCUT2D eigenvalue weighted by Gasteiger charge is 2.76. The molecule has 5 aliphatic rings. The van der Waals surface area contributed by atoms with Gasteiger partial charge in [0.15, 0.2) is 0 Å². The third-order valence-corrected chi connectivity index (χ3v) is 10.7. The quantitative estimate of drug-likeness (QED) is 0.307. The number of cyclic esters (lactones) is 1. The van der Waals surface area contributed by atoms with Crippen molar-refractivity contribution in [1.29, 1.82) is 0 Å². The van der Waals surface area contributed by atoms with Crippen molar-refractivity contribution in [2.24, 2.45) is 28.6 Å². The fourth-order valence-electron chi connectivity index (χ4n) is 9.28. The van der Waals surface area contributed by atoms with E-state index in [9.17, 15) is 34.8 Å². The lowest BCUT2D eigenvalue weighted by Gasteiger charge is -2.68. The largest absolute Gasteiger partial charge is 0.462 e. The predicted octanol–water partition coefficient (Wildman–Crippen LogP) is 0.775. The van der Waals surface area contributed by atoms with E-state index in [1.807, 2.05) is 6.92 Å². The van der Waals surface area contributed by atoms with Gasteiger partial charge in [-0.2, -0.15) is 0 Å². The van der Waals surface area contributed by atoms with E-state index >= 15 is 0 Å². The third-order valence-electron chi connectivity index (χ3n) is 10.7. The Kier molecular flexibility index (Phi) is 6.29. The fourth-order valence-corrected chi connectivity index (χ4v) is 9.28. The van der Waals surface area contributed by atoms with Crippen molar-refractivity contribution in [3.05, 3.63) is 11.6 Å². The standard InChI is InChI=1S/C27H38O10/c1-14(29)36-17-9-21(31)26(13-28)23-19(4-6-25(26,33)10-17)27(34)7-5-18(16-8-22(32)35-12-16)24(27,3)11-20(23)37-15(2)30/h8,17-21,23,28,31,33-34H,4-7,9-13H2,1-3H3/t17-,18-,19-,20+,21-,23-,24-,25+,26+,27-/m0/s1. The van der Waals surface area contributed by atoms with E-state index in [-0.39, 0.29) is 38.2 Å². The van der Waals surface area contributed by atoms with Gasteiger partial charge in [-0.25, -0.2) is 4.79 Å². The molecule has 0 aromatic heterocycles. The highest BCUT2D eigenvalue weighted by Crippen LogP contribution is 2.71. The summed E-state index contributed by atoms with van der Waals surface area (Å²) in [4.78, 5) is 35.8. The molecule has 0 aromatic rings. The zero-order valence-corrected chi connectivity index (χ0v) is 21.6. The molecule has 0 amide bonds. The molecule has 0 radical (unpaired) electrons. The van der Waals surface area contributed by atoms with Gasteiger partial charge in [0.05, 0.1) is 29.3 Å². The van der Waals surface area contributed by atoms with E-state index in [1.54, 1.807) is 0 Å². The van der Waals surface area contributed by atoms with E-state index in [2.05, 4.69) is 0 Å². The second-order valence-electron chi connectivity index (χ2n) is 12.2. The summed E-state index contributed by atoms with van der Waals surface area (Å²) < 4.78 is 16.4. The van der Waals surface area contributed by atoms with Crippen LogP contribution < -0.4 is 0 Å². The normalized spacial score (nSPS) is 48.7. The van der Waals surface area contributed by atoms with Crippen molar-refractivity contribution in [3.63, 3.8) is 0 Å². The van der Waals surface area contributed by atoms with Crippen molar-refractivity contribution >= 4 is 17.9 Å². The number of carbonyl (C=O) groups excluding carboxylic acids is 3. The zero-order valence-electron chi connectivity index (χ0n) is 21.6. The van der Waals surface area contributed by atoms with Crippen LogP contribution in [0.3, 0.4) is 0 Å². The average Bonchev–Trinajstić information content (AvgIpc) is 3.32. The van der Waals surface area contributed by atoms with Crippen LogP contribution in [0.15, 0.2) is 11.6 Å². The number of aliphatic hydroxyl groups excluding tert-OH is 2. The lowest BCUT2D eigenvalue weighted by Crippen LogP contribution is -2.76. The van der Waals surface area contributed by atoms with E-state index in [0.29, 0.717) is 19.3 Å². The lowest BCUT2D eigenvalue weighted by molar-refractivity contribution is -0.318. The predicted molar refractivity (Wildman–Crippen MR) is 126 cm³/mol. The maximum absolute atomic E-state index is 12.4. The van der Waals surface area contributed by atoms with Crippen LogP contribution in [0.2, 0.25) is 0 Å². The topological polar surface area (TPSA) is 160 Å². The molecule has 10 atom stereocenters. The summed E-state index contributed by atoms with van der Waals surface area (Å²) in [5.74, 6) is -2.86. The van der Waals surface area contributed by atoms with Gasteiger partial charge in [0.25, 0.3) is 0 Å². The molecule has 0 saturated heterocycles. The first-order valence-electron chi connectivity index (χ1n) is 13.3. The molecule has 206 valence electrons. The number of carbonyl (C=O) groups is 3. The fraction of sp³-hybridized carbons (Fsp3) is 0.815. The molecule has 0 unspecified atom stereocenters. The molecule has 10 nitrogen and oxygen atoms in total. The van der Waals surface area contributed by atoms with Gasteiger partial charge < -0.3 is 34.6 Å². The van der Waals surface area contributed by atoms with Crippen molar-refractivity contribution in [1.82, 2.24) is 0 Å². The maximum atomic E-state index is 12.4. The maximum Gasteiger partial charge on any atom is 0.331 e. The molecule has 1 heterocycles. The van der Waals surface area contributed by atoms with Gasteiger partial charge in [-0.05, 0) is 49.5 Å². The number of hydrogen-bond acceptors (Lipinski definition) is 10. The number of ether oxygens (including phenoxy) is 3. The van der Waals surface area contributed by atoms with Crippen LogP contribution in [0.4, 0.5) is 0 Å². The van der Waals surface area contributed by atoms with Gasteiger partial charge in [-0.1, -0.05) is 6.92 Å². The average molecular weight is 523 g/mol. The van der Waals surface area contributed by atoms with Crippen molar-refractivity contribution in [3.8, 4) is 0 Å². The molecular weight excluding hydrogens is 484 g/mol. The van der Waals surface area contributed by atoms with E-state index in [4.69, 9.17) is 14.2 Å². The molecule has 1 aliphatic heterocycles. The van der Waals surface area contributed by atoms with Crippen LogP contribution in [0, 0.1) is 28.6 Å². The van der Waals surface area contributed by atoms with Gasteiger partial charge in [0, 0.05) is 44.1 Å². The minimum atomic E-state index is -1.60. The van der Waals surface area contributed by atoms with Crippen LogP contribution in [-0.4, -0.2) is 81.1 Å². The minimum Gasteiger partial charge on any atom is -0.462 e. The van der Waals surface area contributed by atoms with E-state index < -0.39 is 76.7 Å². The Bertz CT molecular complexity index is 1020. The van der Waals surface area contributed by atoms with Crippen LogP contribution in [0.1, 0.15) is 65.7 Å². The number of rotatable bonds is 4. The first-order valence-corrected chi connectivity index (χ1v) is 13.3. The molecule has 0 bridgehead atoms. The highest BCUT2D eigenvalue weighted by atomic mass is 16.6. The van der Waals surface area contributed by atoms with Crippen LogP contribution >= 0.6 is 0 Å². The minimum absolute atomic E-state index is 0.0170. The first kappa shape index (κ1) is 26.6. The third kappa shape index (κ3) is 3.62. The Morgan fingerprint density at radius 2 is 1.81 bits per heavy atom. The van der Waals surface area contributed by atoms with Crippen LogP contribution in [-0.2, 0) is 28.6 Å². The lowest BCUT2D eigenvalue weighted by atomic mass is 9.40. The SMILES string of the molecule is CC(=O)O[C@H]1C[C@H](O)[C@]2(CO)[C@@H]3[C@H](OC(C)=O)C[C@@]4(C)[C@H](C5=CC(=O)OC5)CC[C@]4(O)[C@H]3CC[C@@]2(O)C1. The molecule has 4 N–H and O–H groups in total. The van der Waals surface area contributed by atoms with Gasteiger partial charge >= 0.3 is 17.9 Å². The Morgan fingerprint density at radius 1 is 1.11 bits per heavy atom. The summed E-state index contributed by atoms with van der Waals surface area (Å²) in [5.41, 5.74) is -4.29. The first-order chi connectivity index (χ1) is 17.3. The second-order valence-corrected chi connectivity index (χ2v) is 12.2. The molecule has 37 heavy (non-hydrogen) atoms.